The topological polar surface area (TPSA) is 47.8 Å². The van der Waals surface area contributed by atoms with Crippen molar-refractivity contribution < 1.29 is 4.79 Å². The molecule has 100 valence electrons. The Bertz CT molecular complexity index is 546. The standard InChI is InChI=1S/C15H19N3O/c1-3-18-14(9-12(2)17-18)10-15(19)7-6-13-5-4-8-16-11-13/h4-5,8-9,11H,3,6-7,10H2,1-2H3. The number of nitrogens with zero attached hydrogens (tertiary/aromatic N) is 3. The van der Waals surface area contributed by atoms with Crippen LogP contribution in [-0.4, -0.2) is 20.5 Å². The maximum absolute atomic E-state index is 12.0. The predicted octanol–water partition coefficient (Wildman–Crippen LogP) is 2.35. The highest BCUT2D eigenvalue weighted by molar-refractivity contribution is 5.80. The van der Waals surface area contributed by atoms with Gasteiger partial charge in [-0.1, -0.05) is 6.07 Å². The van der Waals surface area contributed by atoms with Gasteiger partial charge in [0.15, 0.2) is 0 Å². The molecule has 2 rings (SSSR count). The van der Waals surface area contributed by atoms with Crippen molar-refractivity contribution in [2.45, 2.75) is 39.7 Å². The van der Waals surface area contributed by atoms with E-state index in [0.29, 0.717) is 12.8 Å². The summed E-state index contributed by atoms with van der Waals surface area (Å²) in [6.07, 6.45) is 5.34. The van der Waals surface area contributed by atoms with Crippen LogP contribution in [0.2, 0.25) is 0 Å². The molecule has 4 heteroatoms. The van der Waals surface area contributed by atoms with Crippen LogP contribution in [0.25, 0.3) is 0 Å². The van der Waals surface area contributed by atoms with E-state index in [4.69, 9.17) is 0 Å². The maximum atomic E-state index is 12.0. The summed E-state index contributed by atoms with van der Waals surface area (Å²) in [5, 5.41) is 4.35. The normalized spacial score (nSPS) is 10.6. The van der Waals surface area contributed by atoms with Crippen molar-refractivity contribution >= 4 is 5.78 Å². The second kappa shape index (κ2) is 6.27. The third-order valence-electron chi connectivity index (χ3n) is 3.08. The summed E-state index contributed by atoms with van der Waals surface area (Å²) in [5.74, 6) is 0.249. The van der Waals surface area contributed by atoms with Crippen LogP contribution >= 0.6 is 0 Å². The molecular formula is C15H19N3O. The molecule has 0 radical (unpaired) electrons. The number of hydrogen-bond acceptors (Lipinski definition) is 3. The van der Waals surface area contributed by atoms with Crippen molar-refractivity contribution in [2.24, 2.45) is 0 Å². The zero-order valence-corrected chi connectivity index (χ0v) is 11.5. The number of carbonyl (C=O) groups is 1. The van der Waals surface area contributed by atoms with E-state index in [0.717, 1.165) is 29.9 Å². The van der Waals surface area contributed by atoms with Crippen molar-refractivity contribution in [3.05, 3.63) is 47.5 Å². The van der Waals surface area contributed by atoms with Crippen LogP contribution < -0.4 is 0 Å². The Hall–Kier alpha value is -1.97. The molecule has 0 saturated heterocycles. The molecule has 0 aromatic carbocycles. The monoisotopic (exact) mass is 257 g/mol. The van der Waals surface area contributed by atoms with E-state index in [1.165, 1.54) is 0 Å². The van der Waals surface area contributed by atoms with E-state index < -0.39 is 0 Å². The number of pyridine rings is 1. The van der Waals surface area contributed by atoms with E-state index in [2.05, 4.69) is 10.1 Å². The first-order valence-electron chi connectivity index (χ1n) is 6.63. The summed E-state index contributed by atoms with van der Waals surface area (Å²) in [6, 6.07) is 5.89. The lowest BCUT2D eigenvalue weighted by molar-refractivity contribution is -0.118. The number of aromatic nitrogens is 3. The smallest absolute Gasteiger partial charge is 0.139 e. The lowest BCUT2D eigenvalue weighted by atomic mass is 10.1. The van der Waals surface area contributed by atoms with Gasteiger partial charge in [0.1, 0.15) is 5.78 Å². The van der Waals surface area contributed by atoms with E-state index in [1.54, 1.807) is 6.20 Å². The van der Waals surface area contributed by atoms with Gasteiger partial charge in [-0.25, -0.2) is 0 Å². The van der Waals surface area contributed by atoms with Gasteiger partial charge in [0.2, 0.25) is 0 Å². The number of Topliss-reactive ketones (excluding diaryl/α,β-unsaturated/α-hetero) is 1. The molecule has 0 amide bonds. The summed E-state index contributed by atoms with van der Waals surface area (Å²) >= 11 is 0. The highest BCUT2D eigenvalue weighted by Crippen LogP contribution is 2.08. The van der Waals surface area contributed by atoms with E-state index in [1.807, 2.05) is 42.9 Å². The van der Waals surface area contributed by atoms with Crippen LogP contribution in [0.1, 0.15) is 30.3 Å². The second-order valence-corrected chi connectivity index (χ2v) is 4.67. The molecule has 0 bridgehead atoms. The SMILES string of the molecule is CCn1nc(C)cc1CC(=O)CCc1cccnc1. The number of hydrogen-bond donors (Lipinski definition) is 0. The van der Waals surface area contributed by atoms with Crippen molar-refractivity contribution in [3.8, 4) is 0 Å². The van der Waals surface area contributed by atoms with Crippen LogP contribution in [0.5, 0.6) is 0 Å². The van der Waals surface area contributed by atoms with Gasteiger partial charge in [0.05, 0.1) is 5.69 Å². The molecule has 2 aromatic heterocycles. The molecule has 0 N–H and O–H groups in total. The first-order chi connectivity index (χ1) is 9.19. The highest BCUT2D eigenvalue weighted by Gasteiger charge is 2.09. The van der Waals surface area contributed by atoms with Crippen molar-refractivity contribution in [2.75, 3.05) is 0 Å². The molecule has 0 saturated carbocycles. The average Bonchev–Trinajstić information content (AvgIpc) is 2.77. The Balaban J connectivity index is 1.91. The fourth-order valence-electron chi connectivity index (χ4n) is 2.14. The summed E-state index contributed by atoms with van der Waals surface area (Å²) in [4.78, 5) is 16.1. The Morgan fingerprint density at radius 1 is 1.42 bits per heavy atom. The van der Waals surface area contributed by atoms with Crippen molar-refractivity contribution in [1.82, 2.24) is 14.8 Å². The lowest BCUT2D eigenvalue weighted by Crippen LogP contribution is -2.10. The van der Waals surface area contributed by atoms with Gasteiger partial charge >= 0.3 is 0 Å². The minimum Gasteiger partial charge on any atom is -0.299 e. The molecule has 0 fully saturated rings. The first kappa shape index (κ1) is 13.5. The number of rotatable bonds is 6. The van der Waals surface area contributed by atoms with Gasteiger partial charge in [0.25, 0.3) is 0 Å². The molecule has 19 heavy (non-hydrogen) atoms. The van der Waals surface area contributed by atoms with E-state index in [9.17, 15) is 4.79 Å². The van der Waals surface area contributed by atoms with Gasteiger partial charge in [-0.15, -0.1) is 0 Å². The van der Waals surface area contributed by atoms with Gasteiger partial charge in [-0.2, -0.15) is 5.10 Å². The molecule has 0 spiro atoms. The van der Waals surface area contributed by atoms with Crippen LogP contribution in [0, 0.1) is 6.92 Å². The molecule has 0 unspecified atom stereocenters. The number of ketones is 1. The maximum Gasteiger partial charge on any atom is 0.139 e. The van der Waals surface area contributed by atoms with Crippen LogP contribution in [0.15, 0.2) is 30.6 Å². The number of aryl methyl sites for hydroxylation is 3. The molecule has 2 heterocycles. The predicted molar refractivity (Wildman–Crippen MR) is 73.9 cm³/mol. The zero-order chi connectivity index (χ0) is 13.7. The highest BCUT2D eigenvalue weighted by atomic mass is 16.1. The third-order valence-corrected chi connectivity index (χ3v) is 3.08. The molecule has 0 aliphatic rings. The lowest BCUT2D eigenvalue weighted by Gasteiger charge is -2.04. The minimum atomic E-state index is 0.249. The number of carbonyl (C=O) groups excluding carboxylic acids is 1. The summed E-state index contributed by atoms with van der Waals surface area (Å²) in [7, 11) is 0. The summed E-state index contributed by atoms with van der Waals surface area (Å²) in [5.41, 5.74) is 3.09. The van der Waals surface area contributed by atoms with E-state index in [-0.39, 0.29) is 5.78 Å². The zero-order valence-electron chi connectivity index (χ0n) is 11.5. The molecule has 4 nitrogen and oxygen atoms in total. The summed E-state index contributed by atoms with van der Waals surface area (Å²) in [6.45, 7) is 4.80. The fourth-order valence-corrected chi connectivity index (χ4v) is 2.14. The van der Waals surface area contributed by atoms with Crippen molar-refractivity contribution in [1.29, 1.82) is 0 Å². The average molecular weight is 257 g/mol. The quantitative estimate of drug-likeness (QED) is 0.798. The van der Waals surface area contributed by atoms with Crippen molar-refractivity contribution in [3.63, 3.8) is 0 Å². The van der Waals surface area contributed by atoms with Gasteiger partial charge in [-0.3, -0.25) is 14.5 Å². The molecule has 0 aliphatic carbocycles. The molecule has 0 aliphatic heterocycles. The molecular weight excluding hydrogens is 238 g/mol. The van der Waals surface area contributed by atoms with Gasteiger partial charge in [-0.05, 0) is 38.0 Å². The van der Waals surface area contributed by atoms with Crippen LogP contribution in [0.4, 0.5) is 0 Å². The summed E-state index contributed by atoms with van der Waals surface area (Å²) < 4.78 is 1.90. The minimum absolute atomic E-state index is 0.249. The van der Waals surface area contributed by atoms with Crippen LogP contribution in [0.3, 0.4) is 0 Å². The van der Waals surface area contributed by atoms with Gasteiger partial charge in [0, 0.05) is 37.5 Å². The fraction of sp³-hybridized carbons (Fsp3) is 0.400. The largest absolute Gasteiger partial charge is 0.299 e. The van der Waals surface area contributed by atoms with E-state index >= 15 is 0 Å². The Kier molecular flexibility index (Phi) is 4.44. The first-order valence-corrected chi connectivity index (χ1v) is 6.63. The third kappa shape index (κ3) is 3.74. The Morgan fingerprint density at radius 3 is 2.95 bits per heavy atom. The molecule has 0 atom stereocenters. The molecule has 2 aromatic rings. The van der Waals surface area contributed by atoms with Gasteiger partial charge < -0.3 is 0 Å². The Morgan fingerprint density at radius 2 is 2.26 bits per heavy atom. The van der Waals surface area contributed by atoms with Crippen LogP contribution in [-0.2, 0) is 24.2 Å². The second-order valence-electron chi connectivity index (χ2n) is 4.67. The Labute approximate surface area is 113 Å².